The Morgan fingerprint density at radius 3 is 1.92 bits per heavy atom. The standard InChI is InChI=1S/C49H44S/c1-7-16-37(17-8-2)38-26-28-39(29-27-38)42-19-14-18-40(33-42)34(4)41-30-31-45(36(9-3)32-41)43-23-15-24-44(35(43)5)46-20-10-11-21-47(46)48-22-12-13-25-49(48)50-6/h7-34H,1,3H2,2,4-6H3/b17-8-,37-16+. The third-order valence-corrected chi connectivity index (χ3v) is 10.4. The van der Waals surface area contributed by atoms with Crippen molar-refractivity contribution in [3.05, 3.63) is 199 Å². The van der Waals surface area contributed by atoms with Crippen molar-refractivity contribution < 1.29 is 0 Å². The van der Waals surface area contributed by atoms with Crippen LogP contribution < -0.4 is 0 Å². The number of rotatable bonds is 11. The van der Waals surface area contributed by atoms with Crippen LogP contribution in [0.15, 0.2) is 176 Å². The number of hydrogen-bond donors (Lipinski definition) is 0. The Morgan fingerprint density at radius 2 is 1.24 bits per heavy atom. The van der Waals surface area contributed by atoms with Gasteiger partial charge in [0.25, 0.3) is 0 Å². The van der Waals surface area contributed by atoms with E-state index in [1.165, 1.54) is 71.7 Å². The summed E-state index contributed by atoms with van der Waals surface area (Å²) in [4.78, 5) is 1.28. The van der Waals surface area contributed by atoms with E-state index in [-0.39, 0.29) is 5.92 Å². The molecule has 6 aromatic rings. The fraction of sp³-hybridized carbons (Fsp3) is 0.102. The smallest absolute Gasteiger partial charge is 0.0148 e. The molecule has 0 saturated carbocycles. The summed E-state index contributed by atoms with van der Waals surface area (Å²) < 4.78 is 0. The largest absolute Gasteiger partial charge is 0.129 e. The maximum absolute atomic E-state index is 4.25. The van der Waals surface area contributed by atoms with Crippen molar-refractivity contribution in [2.24, 2.45) is 0 Å². The second-order valence-corrected chi connectivity index (χ2v) is 13.4. The molecule has 6 rings (SSSR count). The first-order chi connectivity index (χ1) is 24.5. The van der Waals surface area contributed by atoms with Gasteiger partial charge in [0.2, 0.25) is 0 Å². The third kappa shape index (κ3) is 7.15. The topological polar surface area (TPSA) is 0 Å². The number of hydrogen-bond acceptors (Lipinski definition) is 1. The van der Waals surface area contributed by atoms with E-state index in [0.29, 0.717) is 0 Å². The molecule has 0 spiro atoms. The normalized spacial score (nSPS) is 12.2. The zero-order chi connectivity index (χ0) is 35.0. The van der Waals surface area contributed by atoms with Gasteiger partial charge in [-0.25, -0.2) is 0 Å². The summed E-state index contributed by atoms with van der Waals surface area (Å²) in [6.45, 7) is 14.7. The van der Waals surface area contributed by atoms with Crippen LogP contribution in [0.5, 0.6) is 0 Å². The molecule has 1 unspecified atom stereocenters. The molecule has 0 radical (unpaired) electrons. The quantitative estimate of drug-likeness (QED) is 0.0981. The van der Waals surface area contributed by atoms with Gasteiger partial charge in [0.15, 0.2) is 0 Å². The Kier molecular flexibility index (Phi) is 11.0. The van der Waals surface area contributed by atoms with E-state index >= 15 is 0 Å². The van der Waals surface area contributed by atoms with Crippen LogP contribution in [0.3, 0.4) is 0 Å². The van der Waals surface area contributed by atoms with Crippen molar-refractivity contribution in [2.45, 2.75) is 31.6 Å². The molecule has 0 aliphatic rings. The molecule has 50 heavy (non-hydrogen) atoms. The van der Waals surface area contributed by atoms with Gasteiger partial charge >= 0.3 is 0 Å². The van der Waals surface area contributed by atoms with E-state index < -0.39 is 0 Å². The highest BCUT2D eigenvalue weighted by Crippen LogP contribution is 2.41. The summed E-state index contributed by atoms with van der Waals surface area (Å²) in [6, 6.07) is 48.8. The highest BCUT2D eigenvalue weighted by atomic mass is 32.2. The second kappa shape index (κ2) is 15.9. The van der Waals surface area contributed by atoms with E-state index in [9.17, 15) is 0 Å². The first-order valence-electron chi connectivity index (χ1n) is 17.2. The number of allylic oxidation sites excluding steroid dienone is 5. The van der Waals surface area contributed by atoms with Crippen LogP contribution in [0.1, 0.15) is 47.6 Å². The lowest BCUT2D eigenvalue weighted by Crippen LogP contribution is -1.99. The summed E-state index contributed by atoms with van der Waals surface area (Å²) in [6.07, 6.45) is 12.2. The molecule has 0 bridgehead atoms. The van der Waals surface area contributed by atoms with Crippen molar-refractivity contribution in [3.63, 3.8) is 0 Å². The minimum Gasteiger partial charge on any atom is -0.129 e. The zero-order valence-corrected chi connectivity index (χ0v) is 30.3. The molecule has 0 heterocycles. The Labute approximate surface area is 303 Å². The summed E-state index contributed by atoms with van der Waals surface area (Å²) in [5.74, 6) is 0.217. The van der Waals surface area contributed by atoms with Crippen molar-refractivity contribution in [3.8, 4) is 44.5 Å². The molecule has 6 aromatic carbocycles. The van der Waals surface area contributed by atoms with Gasteiger partial charge in [-0.1, -0.05) is 178 Å². The molecule has 0 amide bonds. The van der Waals surface area contributed by atoms with Crippen LogP contribution in [-0.4, -0.2) is 6.26 Å². The van der Waals surface area contributed by atoms with E-state index in [4.69, 9.17) is 0 Å². The van der Waals surface area contributed by atoms with Gasteiger partial charge in [0, 0.05) is 10.8 Å². The van der Waals surface area contributed by atoms with Gasteiger partial charge in [0.05, 0.1) is 0 Å². The van der Waals surface area contributed by atoms with Crippen LogP contribution in [0.4, 0.5) is 0 Å². The van der Waals surface area contributed by atoms with Crippen LogP contribution in [0, 0.1) is 6.92 Å². The predicted octanol–water partition coefficient (Wildman–Crippen LogP) is 14.3. The molecule has 0 aromatic heterocycles. The Morgan fingerprint density at radius 1 is 0.620 bits per heavy atom. The van der Waals surface area contributed by atoms with Crippen LogP contribution in [0.2, 0.25) is 0 Å². The highest BCUT2D eigenvalue weighted by Gasteiger charge is 2.17. The second-order valence-electron chi connectivity index (χ2n) is 12.6. The predicted molar refractivity (Wildman–Crippen MR) is 222 cm³/mol. The lowest BCUT2D eigenvalue weighted by molar-refractivity contribution is 0.922. The van der Waals surface area contributed by atoms with Crippen molar-refractivity contribution in [2.75, 3.05) is 6.26 Å². The Balaban J connectivity index is 1.32. The molecule has 0 aliphatic heterocycles. The highest BCUT2D eigenvalue weighted by molar-refractivity contribution is 7.98. The van der Waals surface area contributed by atoms with E-state index in [2.05, 4.69) is 179 Å². The average molecular weight is 665 g/mol. The minimum atomic E-state index is 0.217. The molecule has 0 fully saturated rings. The van der Waals surface area contributed by atoms with Gasteiger partial charge in [-0.3, -0.25) is 0 Å². The molecule has 0 aliphatic carbocycles. The van der Waals surface area contributed by atoms with Gasteiger partial charge in [-0.05, 0) is 104 Å². The van der Waals surface area contributed by atoms with Gasteiger partial charge < -0.3 is 0 Å². The van der Waals surface area contributed by atoms with Crippen molar-refractivity contribution in [1.29, 1.82) is 0 Å². The zero-order valence-electron chi connectivity index (χ0n) is 29.5. The third-order valence-electron chi connectivity index (χ3n) is 9.62. The average Bonchev–Trinajstić information content (AvgIpc) is 3.17. The SMILES string of the molecule is C=C/C=C(\C=C/C)c1ccc(-c2cccc(C(C)c3ccc(-c4cccc(-c5ccccc5-c5ccccc5SC)c4C)c(C=C)c3)c2)cc1. The number of thioether (sulfide) groups is 1. The molecule has 0 nitrogen and oxygen atoms in total. The monoisotopic (exact) mass is 664 g/mol. The Bertz CT molecular complexity index is 2210. The molecule has 246 valence electrons. The molecule has 1 heteroatoms. The minimum absolute atomic E-state index is 0.217. The fourth-order valence-corrected chi connectivity index (χ4v) is 7.51. The molecule has 0 saturated heterocycles. The van der Waals surface area contributed by atoms with Crippen LogP contribution >= 0.6 is 11.8 Å². The first kappa shape index (κ1) is 34.5. The first-order valence-corrected chi connectivity index (χ1v) is 18.4. The maximum atomic E-state index is 4.25. The summed E-state index contributed by atoms with van der Waals surface area (Å²) in [5.41, 5.74) is 17.2. The van der Waals surface area contributed by atoms with Crippen molar-refractivity contribution in [1.82, 2.24) is 0 Å². The van der Waals surface area contributed by atoms with Gasteiger partial charge in [-0.2, -0.15) is 0 Å². The fourth-order valence-electron chi connectivity index (χ4n) is 6.89. The molecular weight excluding hydrogens is 621 g/mol. The lowest BCUT2D eigenvalue weighted by Gasteiger charge is -2.19. The Hall–Kier alpha value is -5.37. The molecular formula is C49H44S. The number of benzene rings is 6. The maximum Gasteiger partial charge on any atom is 0.0148 e. The van der Waals surface area contributed by atoms with E-state index in [1.807, 2.05) is 25.2 Å². The van der Waals surface area contributed by atoms with Crippen LogP contribution in [0.25, 0.3) is 56.2 Å². The summed E-state index contributed by atoms with van der Waals surface area (Å²) in [7, 11) is 0. The van der Waals surface area contributed by atoms with Gasteiger partial charge in [0.1, 0.15) is 0 Å². The van der Waals surface area contributed by atoms with Crippen LogP contribution in [-0.2, 0) is 0 Å². The lowest BCUT2D eigenvalue weighted by atomic mass is 9.85. The van der Waals surface area contributed by atoms with Gasteiger partial charge in [-0.15, -0.1) is 11.8 Å². The van der Waals surface area contributed by atoms with E-state index in [0.717, 1.165) is 11.1 Å². The molecule has 1 atom stereocenters. The van der Waals surface area contributed by atoms with Crippen molar-refractivity contribution >= 4 is 23.4 Å². The van der Waals surface area contributed by atoms with E-state index in [1.54, 1.807) is 11.8 Å². The summed E-state index contributed by atoms with van der Waals surface area (Å²) in [5, 5.41) is 0. The summed E-state index contributed by atoms with van der Waals surface area (Å²) >= 11 is 1.79. The molecule has 0 N–H and O–H groups in total.